The highest BCUT2D eigenvalue weighted by Gasteiger charge is 2.22. The third-order valence-electron chi connectivity index (χ3n) is 4.05. The first kappa shape index (κ1) is 20.7. The van der Waals surface area contributed by atoms with Crippen molar-refractivity contribution in [1.29, 1.82) is 0 Å². The van der Waals surface area contributed by atoms with Crippen molar-refractivity contribution >= 4 is 17.5 Å². The summed E-state index contributed by atoms with van der Waals surface area (Å²) in [7, 11) is 0. The Morgan fingerprint density at radius 1 is 1.17 bits per heavy atom. The highest BCUT2D eigenvalue weighted by molar-refractivity contribution is 6.30. The molecule has 0 unspecified atom stereocenters. The number of carbonyl (C=O) groups is 1. The van der Waals surface area contributed by atoms with Crippen molar-refractivity contribution in [3.8, 4) is 17.2 Å². The van der Waals surface area contributed by atoms with Crippen LogP contribution in [0.1, 0.15) is 30.1 Å². The number of hydrogen-bond donors (Lipinski definition) is 0. The minimum atomic E-state index is -2.97. The van der Waals surface area contributed by atoms with E-state index in [0.717, 1.165) is 0 Å². The maximum absolute atomic E-state index is 12.9. The Bertz CT molecular complexity index is 977. The molecule has 2 aromatic carbocycles. The fraction of sp³-hybridized carbons (Fsp3) is 0.250. The maximum atomic E-state index is 12.9. The summed E-state index contributed by atoms with van der Waals surface area (Å²) in [5.41, 5.74) is 0.918. The van der Waals surface area contributed by atoms with Crippen molar-refractivity contribution in [2.75, 3.05) is 0 Å². The number of halogens is 3. The SMILES string of the molecule is CC(C)N(Cc1nnc(-c2ccc(Cl)cc2)o1)C(=O)c1cccc(OC(F)F)c1. The highest BCUT2D eigenvalue weighted by atomic mass is 35.5. The molecule has 3 aromatic rings. The summed E-state index contributed by atoms with van der Waals surface area (Å²) in [6.07, 6.45) is 0. The first-order chi connectivity index (χ1) is 13.8. The van der Waals surface area contributed by atoms with Crippen LogP contribution < -0.4 is 4.74 Å². The predicted molar refractivity (Wildman–Crippen MR) is 103 cm³/mol. The van der Waals surface area contributed by atoms with Gasteiger partial charge in [0.1, 0.15) is 5.75 Å². The molecule has 0 aliphatic heterocycles. The summed E-state index contributed by atoms with van der Waals surface area (Å²) in [6.45, 7) is 0.755. The number of amides is 1. The zero-order chi connectivity index (χ0) is 21.0. The van der Waals surface area contributed by atoms with Gasteiger partial charge in [-0.2, -0.15) is 8.78 Å². The molecule has 6 nitrogen and oxygen atoms in total. The topological polar surface area (TPSA) is 68.5 Å². The number of carbonyl (C=O) groups excluding carboxylic acids is 1. The fourth-order valence-corrected chi connectivity index (χ4v) is 2.76. The van der Waals surface area contributed by atoms with Crippen LogP contribution in [0.2, 0.25) is 5.02 Å². The molecule has 0 aliphatic rings. The monoisotopic (exact) mass is 421 g/mol. The van der Waals surface area contributed by atoms with Gasteiger partial charge in [0.2, 0.25) is 11.8 Å². The summed E-state index contributed by atoms with van der Waals surface area (Å²) in [6, 6.07) is 12.4. The normalized spacial score (nSPS) is 11.1. The van der Waals surface area contributed by atoms with Crippen LogP contribution in [0.25, 0.3) is 11.5 Å². The number of rotatable bonds is 7. The predicted octanol–water partition coefficient (Wildman–Crippen LogP) is 5.04. The third-order valence-corrected chi connectivity index (χ3v) is 4.31. The molecule has 0 radical (unpaired) electrons. The van der Waals surface area contributed by atoms with Gasteiger partial charge in [0, 0.05) is 22.2 Å². The van der Waals surface area contributed by atoms with Gasteiger partial charge in [-0.25, -0.2) is 0 Å². The molecule has 0 fully saturated rings. The van der Waals surface area contributed by atoms with Crippen LogP contribution in [0.15, 0.2) is 52.9 Å². The largest absolute Gasteiger partial charge is 0.435 e. The van der Waals surface area contributed by atoms with Crippen LogP contribution in [0.3, 0.4) is 0 Å². The lowest BCUT2D eigenvalue weighted by atomic mass is 10.1. The maximum Gasteiger partial charge on any atom is 0.387 e. The van der Waals surface area contributed by atoms with Crippen LogP contribution in [0.5, 0.6) is 5.75 Å². The Kier molecular flexibility index (Phi) is 6.43. The van der Waals surface area contributed by atoms with Gasteiger partial charge in [-0.05, 0) is 56.3 Å². The highest BCUT2D eigenvalue weighted by Crippen LogP contribution is 2.22. The van der Waals surface area contributed by atoms with Gasteiger partial charge in [-0.3, -0.25) is 4.79 Å². The van der Waals surface area contributed by atoms with E-state index < -0.39 is 6.61 Å². The Hall–Kier alpha value is -3.00. The molecule has 0 atom stereocenters. The second-order valence-corrected chi connectivity index (χ2v) is 6.88. The summed E-state index contributed by atoms with van der Waals surface area (Å²) in [4.78, 5) is 14.4. The molecular weight excluding hydrogens is 404 g/mol. The van der Waals surface area contributed by atoms with Gasteiger partial charge in [0.05, 0.1) is 6.54 Å². The lowest BCUT2D eigenvalue weighted by molar-refractivity contribution is -0.0499. The molecule has 1 heterocycles. The van der Waals surface area contributed by atoms with E-state index in [1.165, 1.54) is 29.2 Å². The van der Waals surface area contributed by atoms with Crippen LogP contribution in [0, 0.1) is 0 Å². The second kappa shape index (κ2) is 9.00. The van der Waals surface area contributed by atoms with Crippen molar-refractivity contribution in [3.63, 3.8) is 0 Å². The number of benzene rings is 2. The van der Waals surface area contributed by atoms with E-state index in [9.17, 15) is 13.6 Å². The van der Waals surface area contributed by atoms with Gasteiger partial charge >= 0.3 is 6.61 Å². The van der Waals surface area contributed by atoms with Crippen molar-refractivity contribution in [1.82, 2.24) is 15.1 Å². The summed E-state index contributed by atoms with van der Waals surface area (Å²) in [5.74, 6) is 0.0977. The van der Waals surface area contributed by atoms with Crippen molar-refractivity contribution in [3.05, 3.63) is 65.0 Å². The first-order valence-corrected chi connectivity index (χ1v) is 9.15. The molecule has 0 saturated heterocycles. The fourth-order valence-electron chi connectivity index (χ4n) is 2.63. The molecule has 9 heteroatoms. The standard InChI is InChI=1S/C20H18ClF2N3O3/c1-12(2)26(19(27)14-4-3-5-16(10-14)28-20(22)23)11-17-24-25-18(29-17)13-6-8-15(21)9-7-13/h3-10,12,20H,11H2,1-2H3. The van der Waals surface area contributed by atoms with E-state index in [2.05, 4.69) is 14.9 Å². The average molecular weight is 422 g/mol. The van der Waals surface area contributed by atoms with E-state index in [0.29, 0.717) is 16.5 Å². The zero-order valence-electron chi connectivity index (χ0n) is 15.7. The van der Waals surface area contributed by atoms with Crippen molar-refractivity contribution in [2.24, 2.45) is 0 Å². The van der Waals surface area contributed by atoms with E-state index in [4.69, 9.17) is 16.0 Å². The summed E-state index contributed by atoms with van der Waals surface area (Å²) in [5, 5.41) is 8.60. The van der Waals surface area contributed by atoms with Gasteiger partial charge in [0.15, 0.2) is 0 Å². The van der Waals surface area contributed by atoms with E-state index in [1.807, 2.05) is 13.8 Å². The summed E-state index contributed by atoms with van der Waals surface area (Å²) < 4.78 is 34.9. The Balaban J connectivity index is 1.78. The van der Waals surface area contributed by atoms with Crippen LogP contribution in [-0.4, -0.2) is 33.7 Å². The quantitative estimate of drug-likeness (QED) is 0.534. The van der Waals surface area contributed by atoms with E-state index in [1.54, 1.807) is 24.3 Å². The van der Waals surface area contributed by atoms with Crippen LogP contribution in [-0.2, 0) is 6.54 Å². The van der Waals surface area contributed by atoms with Gasteiger partial charge in [-0.1, -0.05) is 17.7 Å². The van der Waals surface area contributed by atoms with Gasteiger partial charge in [-0.15, -0.1) is 10.2 Å². The number of ether oxygens (including phenoxy) is 1. The van der Waals surface area contributed by atoms with Crippen LogP contribution in [0.4, 0.5) is 8.78 Å². The summed E-state index contributed by atoms with van der Waals surface area (Å²) >= 11 is 5.88. The molecule has 1 amide bonds. The number of alkyl halides is 2. The Labute approximate surface area is 171 Å². The molecule has 29 heavy (non-hydrogen) atoms. The number of hydrogen-bond acceptors (Lipinski definition) is 5. The molecule has 152 valence electrons. The second-order valence-electron chi connectivity index (χ2n) is 6.44. The molecule has 0 N–H and O–H groups in total. The Morgan fingerprint density at radius 3 is 2.55 bits per heavy atom. The Morgan fingerprint density at radius 2 is 1.90 bits per heavy atom. The van der Waals surface area contributed by atoms with Crippen molar-refractivity contribution in [2.45, 2.75) is 33.0 Å². The third kappa shape index (κ3) is 5.29. The van der Waals surface area contributed by atoms with E-state index >= 15 is 0 Å². The lowest BCUT2D eigenvalue weighted by Crippen LogP contribution is -2.36. The zero-order valence-corrected chi connectivity index (χ0v) is 16.4. The molecular formula is C20H18ClF2N3O3. The number of nitrogens with zero attached hydrogens (tertiary/aromatic N) is 3. The lowest BCUT2D eigenvalue weighted by Gasteiger charge is -2.25. The van der Waals surface area contributed by atoms with E-state index in [-0.39, 0.29) is 35.7 Å². The molecule has 0 bridgehead atoms. The van der Waals surface area contributed by atoms with Gasteiger partial charge in [0.25, 0.3) is 5.91 Å². The first-order valence-electron chi connectivity index (χ1n) is 8.77. The molecule has 1 aromatic heterocycles. The molecule has 0 aliphatic carbocycles. The average Bonchev–Trinajstić information content (AvgIpc) is 3.14. The minimum Gasteiger partial charge on any atom is -0.435 e. The minimum absolute atomic E-state index is 0.0665. The van der Waals surface area contributed by atoms with Crippen molar-refractivity contribution < 1.29 is 22.7 Å². The molecule has 3 rings (SSSR count). The molecule has 0 saturated carbocycles. The van der Waals surface area contributed by atoms with Crippen LogP contribution >= 0.6 is 11.6 Å². The number of aromatic nitrogens is 2. The van der Waals surface area contributed by atoms with Gasteiger partial charge < -0.3 is 14.1 Å². The molecule has 0 spiro atoms. The smallest absolute Gasteiger partial charge is 0.387 e.